The predicted octanol–water partition coefficient (Wildman–Crippen LogP) is 0.922. The molecule has 1 N–H and O–H groups in total. The van der Waals surface area contributed by atoms with Crippen LogP contribution in [0.1, 0.15) is 30.1 Å². The van der Waals surface area contributed by atoms with Crippen molar-refractivity contribution in [2.45, 2.75) is 30.7 Å². The minimum Gasteiger partial charge on any atom is -0.486 e. The first-order valence-electron chi connectivity index (χ1n) is 9.23. The van der Waals surface area contributed by atoms with Crippen LogP contribution in [0.4, 0.5) is 0 Å². The van der Waals surface area contributed by atoms with Gasteiger partial charge in [-0.05, 0) is 32.0 Å². The van der Waals surface area contributed by atoms with Crippen molar-refractivity contribution in [3.63, 3.8) is 0 Å². The Morgan fingerprint density at radius 1 is 1.30 bits per heavy atom. The molecule has 150 valence electrons. The smallest absolute Gasteiger partial charge is 0.255 e. The highest BCUT2D eigenvalue weighted by Crippen LogP contribution is 2.37. The number of carbonyl (C=O) groups is 1. The predicted molar refractivity (Wildman–Crippen MR) is 101 cm³/mol. The Morgan fingerprint density at radius 2 is 2.04 bits per heavy atom. The topological polar surface area (TPSA) is 88.2 Å². The monoisotopic (exact) mass is 397 g/mol. The molecule has 1 aromatic carbocycles. The number of nitrogens with zero attached hydrogens (tertiary/aromatic N) is 2. The Balaban J connectivity index is 1.87. The van der Waals surface area contributed by atoms with E-state index in [4.69, 9.17) is 9.47 Å². The van der Waals surface area contributed by atoms with E-state index >= 15 is 0 Å². The van der Waals surface area contributed by atoms with Crippen LogP contribution in [-0.4, -0.2) is 76.5 Å². The van der Waals surface area contributed by atoms with Gasteiger partial charge in [0.2, 0.25) is 10.0 Å². The number of benzene rings is 1. The molecular weight excluding hydrogens is 370 g/mol. The first kappa shape index (κ1) is 19.9. The zero-order valence-corrected chi connectivity index (χ0v) is 16.8. The van der Waals surface area contributed by atoms with Gasteiger partial charge in [-0.1, -0.05) is 6.92 Å². The molecule has 0 saturated carbocycles. The quantitative estimate of drug-likeness (QED) is 0.768. The Bertz CT molecular complexity index is 809. The second-order valence-electron chi connectivity index (χ2n) is 6.92. The largest absolute Gasteiger partial charge is 0.486 e. The molecule has 8 nitrogen and oxygen atoms in total. The fraction of sp³-hybridized carbons (Fsp3) is 0.611. The lowest BCUT2D eigenvalue weighted by atomic mass is 10.1. The fourth-order valence-electron chi connectivity index (χ4n) is 3.51. The SMILES string of the molecule is CCN1CCCC1CNC(=O)c1cc(S(=O)(=O)N(C)C)cc2c1OCCO2. The van der Waals surface area contributed by atoms with Crippen molar-refractivity contribution in [3.8, 4) is 11.5 Å². The first-order valence-corrected chi connectivity index (χ1v) is 10.7. The molecule has 9 heteroatoms. The summed E-state index contributed by atoms with van der Waals surface area (Å²) in [5, 5.41) is 2.94. The zero-order valence-electron chi connectivity index (χ0n) is 16.0. The van der Waals surface area contributed by atoms with Crippen molar-refractivity contribution < 1.29 is 22.7 Å². The van der Waals surface area contributed by atoms with Crippen molar-refractivity contribution >= 4 is 15.9 Å². The number of sulfonamides is 1. The average Bonchev–Trinajstić information content (AvgIpc) is 3.12. The number of likely N-dealkylation sites (N-methyl/N-ethyl adjacent to an activating group) is 1. The van der Waals surface area contributed by atoms with Crippen LogP contribution >= 0.6 is 0 Å². The first-order chi connectivity index (χ1) is 12.8. The van der Waals surface area contributed by atoms with Gasteiger partial charge < -0.3 is 14.8 Å². The summed E-state index contributed by atoms with van der Waals surface area (Å²) in [5.74, 6) is 0.233. The van der Waals surface area contributed by atoms with Crippen LogP contribution in [0.2, 0.25) is 0 Å². The van der Waals surface area contributed by atoms with E-state index in [1.165, 1.54) is 26.2 Å². The van der Waals surface area contributed by atoms with Crippen molar-refractivity contribution in [3.05, 3.63) is 17.7 Å². The maximum absolute atomic E-state index is 12.8. The third-order valence-electron chi connectivity index (χ3n) is 5.04. The van der Waals surface area contributed by atoms with Crippen molar-refractivity contribution in [1.82, 2.24) is 14.5 Å². The van der Waals surface area contributed by atoms with Crippen LogP contribution in [0.3, 0.4) is 0 Å². The van der Waals surface area contributed by atoms with Crippen molar-refractivity contribution in [2.75, 3.05) is 46.9 Å². The number of fused-ring (bicyclic) bond motifs is 1. The van der Waals surface area contributed by atoms with Crippen molar-refractivity contribution in [2.24, 2.45) is 0 Å². The Kier molecular flexibility index (Phi) is 5.92. The fourth-order valence-corrected chi connectivity index (χ4v) is 4.45. The summed E-state index contributed by atoms with van der Waals surface area (Å²) in [6.07, 6.45) is 2.16. The van der Waals surface area contributed by atoms with Crippen LogP contribution in [0, 0.1) is 0 Å². The van der Waals surface area contributed by atoms with E-state index in [2.05, 4.69) is 17.1 Å². The molecule has 2 heterocycles. The van der Waals surface area contributed by atoms with Crippen LogP contribution < -0.4 is 14.8 Å². The molecule has 2 aliphatic rings. The third kappa shape index (κ3) is 4.04. The number of likely N-dealkylation sites (tertiary alicyclic amines) is 1. The number of hydrogen-bond donors (Lipinski definition) is 1. The van der Waals surface area contributed by atoms with Gasteiger partial charge in [0.1, 0.15) is 13.2 Å². The number of carbonyl (C=O) groups excluding carboxylic acids is 1. The molecule has 0 spiro atoms. The molecule has 1 aromatic rings. The Hall–Kier alpha value is -1.84. The minimum atomic E-state index is -3.70. The summed E-state index contributed by atoms with van der Waals surface area (Å²) < 4.78 is 37.3. The molecule has 0 aromatic heterocycles. The summed E-state index contributed by atoms with van der Waals surface area (Å²) >= 11 is 0. The van der Waals surface area contributed by atoms with Crippen LogP contribution in [0.5, 0.6) is 11.5 Å². The van der Waals surface area contributed by atoms with E-state index in [0.717, 1.165) is 30.2 Å². The number of nitrogens with one attached hydrogen (secondary N) is 1. The molecule has 1 atom stereocenters. The van der Waals surface area contributed by atoms with Gasteiger partial charge in [-0.15, -0.1) is 0 Å². The highest BCUT2D eigenvalue weighted by atomic mass is 32.2. The molecule has 0 radical (unpaired) electrons. The van der Waals surface area contributed by atoms with Gasteiger partial charge in [0, 0.05) is 32.7 Å². The third-order valence-corrected chi connectivity index (χ3v) is 6.84. The minimum absolute atomic E-state index is 0.0120. The van der Waals surface area contributed by atoms with Gasteiger partial charge in [-0.25, -0.2) is 12.7 Å². The van der Waals surface area contributed by atoms with E-state index in [9.17, 15) is 13.2 Å². The molecule has 0 aliphatic carbocycles. The maximum Gasteiger partial charge on any atom is 0.255 e. The van der Waals surface area contributed by atoms with E-state index in [-0.39, 0.29) is 22.1 Å². The van der Waals surface area contributed by atoms with E-state index < -0.39 is 10.0 Å². The number of rotatable bonds is 6. The van der Waals surface area contributed by atoms with Gasteiger partial charge in [0.05, 0.1) is 10.5 Å². The molecule has 1 unspecified atom stereocenters. The van der Waals surface area contributed by atoms with Crippen molar-refractivity contribution in [1.29, 1.82) is 0 Å². The zero-order chi connectivity index (χ0) is 19.6. The molecule has 1 saturated heterocycles. The van der Waals surface area contributed by atoms with Gasteiger partial charge in [-0.3, -0.25) is 9.69 Å². The van der Waals surface area contributed by atoms with Gasteiger partial charge in [-0.2, -0.15) is 0 Å². The summed E-state index contributed by atoms with van der Waals surface area (Å²) in [4.78, 5) is 15.2. The maximum atomic E-state index is 12.8. The summed E-state index contributed by atoms with van der Waals surface area (Å²) in [5.41, 5.74) is 0.189. The Labute approximate surface area is 160 Å². The standard InChI is InChI=1S/C18H27N3O5S/c1-4-21-7-5-6-13(21)12-19-18(22)15-10-14(27(23,24)20(2)3)11-16-17(15)26-9-8-25-16/h10-11,13H,4-9,12H2,1-3H3,(H,19,22). The normalized spacial score (nSPS) is 20.1. The molecule has 0 bridgehead atoms. The highest BCUT2D eigenvalue weighted by molar-refractivity contribution is 7.89. The van der Waals surface area contributed by atoms with Crippen LogP contribution in [0.15, 0.2) is 17.0 Å². The second-order valence-corrected chi connectivity index (χ2v) is 9.07. The van der Waals surface area contributed by atoms with Gasteiger partial charge >= 0.3 is 0 Å². The van der Waals surface area contributed by atoms with E-state index in [0.29, 0.717) is 31.5 Å². The van der Waals surface area contributed by atoms with Gasteiger partial charge in [0.15, 0.2) is 11.5 Å². The van der Waals surface area contributed by atoms with Crippen LogP contribution in [0.25, 0.3) is 0 Å². The summed E-state index contributed by atoms with van der Waals surface area (Å²) in [6, 6.07) is 3.08. The molecule has 27 heavy (non-hydrogen) atoms. The van der Waals surface area contributed by atoms with Gasteiger partial charge in [0.25, 0.3) is 5.91 Å². The lowest BCUT2D eigenvalue weighted by molar-refractivity contribution is 0.0930. The molecule has 3 rings (SSSR count). The highest BCUT2D eigenvalue weighted by Gasteiger charge is 2.29. The molecular formula is C18H27N3O5S. The molecule has 1 amide bonds. The molecule has 1 fully saturated rings. The molecule has 2 aliphatic heterocycles. The lowest BCUT2D eigenvalue weighted by Crippen LogP contribution is -2.40. The lowest BCUT2D eigenvalue weighted by Gasteiger charge is -2.25. The van der Waals surface area contributed by atoms with E-state index in [1.54, 1.807) is 0 Å². The second kappa shape index (κ2) is 8.04. The number of ether oxygens (including phenoxy) is 2. The Morgan fingerprint density at radius 3 is 2.74 bits per heavy atom. The van der Waals surface area contributed by atoms with E-state index in [1.807, 2.05) is 0 Å². The van der Waals surface area contributed by atoms with Crippen LogP contribution in [-0.2, 0) is 10.0 Å². The number of amides is 1. The summed E-state index contributed by atoms with van der Waals surface area (Å²) in [7, 11) is -0.801. The average molecular weight is 397 g/mol. The number of hydrogen-bond acceptors (Lipinski definition) is 6. The summed E-state index contributed by atoms with van der Waals surface area (Å²) in [6.45, 7) is 5.25.